The van der Waals surface area contributed by atoms with Crippen molar-refractivity contribution in [3.05, 3.63) is 61.2 Å². The molecular formula is C16H13N3O. The number of H-pyrrole nitrogens is 1. The Morgan fingerprint density at radius 1 is 1.20 bits per heavy atom. The summed E-state index contributed by atoms with van der Waals surface area (Å²) in [4.78, 5) is 19.1. The second-order valence-corrected chi connectivity index (χ2v) is 4.38. The molecule has 1 aromatic heterocycles. The second-order valence-electron chi connectivity index (χ2n) is 4.38. The molecule has 2 aromatic carbocycles. The monoisotopic (exact) mass is 263 g/mol. The number of fused-ring (bicyclic) bond motifs is 1. The SMILES string of the molecule is C=CC(=O)Nc1ccc2nc(-c3ccccc3)[nH]c2c1. The number of hydrogen-bond donors (Lipinski definition) is 2. The van der Waals surface area contributed by atoms with Crippen LogP contribution in [-0.4, -0.2) is 15.9 Å². The average molecular weight is 263 g/mol. The van der Waals surface area contributed by atoms with E-state index in [0.29, 0.717) is 5.69 Å². The molecule has 3 rings (SSSR count). The van der Waals surface area contributed by atoms with Crippen molar-refractivity contribution in [1.29, 1.82) is 0 Å². The van der Waals surface area contributed by atoms with E-state index in [9.17, 15) is 4.79 Å². The van der Waals surface area contributed by atoms with E-state index in [4.69, 9.17) is 0 Å². The predicted octanol–water partition coefficient (Wildman–Crippen LogP) is 3.35. The summed E-state index contributed by atoms with van der Waals surface area (Å²) in [6, 6.07) is 15.5. The summed E-state index contributed by atoms with van der Waals surface area (Å²) in [6.45, 7) is 3.43. The number of carbonyl (C=O) groups excluding carboxylic acids is 1. The van der Waals surface area contributed by atoms with Gasteiger partial charge in [0.2, 0.25) is 5.91 Å². The lowest BCUT2D eigenvalue weighted by molar-refractivity contribution is -0.111. The number of aromatic nitrogens is 2. The van der Waals surface area contributed by atoms with E-state index in [1.807, 2.05) is 48.5 Å². The van der Waals surface area contributed by atoms with Gasteiger partial charge in [0.25, 0.3) is 0 Å². The van der Waals surface area contributed by atoms with Gasteiger partial charge in [0.1, 0.15) is 5.82 Å². The van der Waals surface area contributed by atoms with Crippen molar-refractivity contribution in [3.8, 4) is 11.4 Å². The molecule has 0 saturated heterocycles. The molecule has 0 atom stereocenters. The Morgan fingerprint density at radius 2 is 2.00 bits per heavy atom. The van der Waals surface area contributed by atoms with Crippen molar-refractivity contribution in [2.75, 3.05) is 5.32 Å². The van der Waals surface area contributed by atoms with Crippen LogP contribution in [0.25, 0.3) is 22.4 Å². The first-order chi connectivity index (χ1) is 9.76. The number of aromatic amines is 1. The van der Waals surface area contributed by atoms with E-state index in [2.05, 4.69) is 21.9 Å². The molecule has 0 aliphatic heterocycles. The van der Waals surface area contributed by atoms with E-state index in [1.54, 1.807) is 0 Å². The van der Waals surface area contributed by atoms with Crippen molar-refractivity contribution < 1.29 is 4.79 Å². The minimum Gasteiger partial charge on any atom is -0.338 e. The molecule has 0 unspecified atom stereocenters. The molecule has 0 saturated carbocycles. The molecular weight excluding hydrogens is 250 g/mol. The summed E-state index contributed by atoms with van der Waals surface area (Å²) in [5.74, 6) is 0.583. The lowest BCUT2D eigenvalue weighted by Crippen LogP contribution is -2.06. The standard InChI is InChI=1S/C16H13N3O/c1-2-15(20)17-12-8-9-13-14(10-12)19-16(18-13)11-6-4-3-5-7-11/h2-10H,1H2,(H,17,20)(H,18,19). The molecule has 0 aliphatic carbocycles. The average Bonchev–Trinajstić information content (AvgIpc) is 2.91. The number of anilines is 1. The van der Waals surface area contributed by atoms with E-state index in [1.165, 1.54) is 6.08 Å². The van der Waals surface area contributed by atoms with Gasteiger partial charge in [-0.15, -0.1) is 0 Å². The Bertz CT molecular complexity index is 775. The third-order valence-electron chi connectivity index (χ3n) is 2.98. The van der Waals surface area contributed by atoms with Crippen LogP contribution >= 0.6 is 0 Å². The molecule has 3 aromatic rings. The summed E-state index contributed by atoms with van der Waals surface area (Å²) >= 11 is 0. The lowest BCUT2D eigenvalue weighted by Gasteiger charge is -2.00. The number of nitrogens with one attached hydrogen (secondary N) is 2. The number of imidazole rings is 1. The predicted molar refractivity (Wildman–Crippen MR) is 80.4 cm³/mol. The summed E-state index contributed by atoms with van der Waals surface area (Å²) < 4.78 is 0. The first-order valence-corrected chi connectivity index (χ1v) is 6.25. The highest BCUT2D eigenvalue weighted by Crippen LogP contribution is 2.22. The van der Waals surface area contributed by atoms with Crippen LogP contribution in [-0.2, 0) is 4.79 Å². The Balaban J connectivity index is 1.99. The Hall–Kier alpha value is -2.88. The van der Waals surface area contributed by atoms with Gasteiger partial charge in [0.05, 0.1) is 11.0 Å². The van der Waals surface area contributed by atoms with Crippen molar-refractivity contribution in [3.63, 3.8) is 0 Å². The molecule has 4 heteroatoms. The molecule has 1 amide bonds. The van der Waals surface area contributed by atoms with E-state index in [-0.39, 0.29) is 5.91 Å². The van der Waals surface area contributed by atoms with Crippen molar-refractivity contribution >= 4 is 22.6 Å². The van der Waals surface area contributed by atoms with Crippen LogP contribution in [0.1, 0.15) is 0 Å². The summed E-state index contributed by atoms with van der Waals surface area (Å²) in [5, 5.41) is 2.73. The zero-order valence-corrected chi connectivity index (χ0v) is 10.8. The minimum absolute atomic E-state index is 0.229. The first kappa shape index (κ1) is 12.2. The zero-order chi connectivity index (χ0) is 13.9. The maximum Gasteiger partial charge on any atom is 0.247 e. The minimum atomic E-state index is -0.229. The van der Waals surface area contributed by atoms with Gasteiger partial charge in [-0.3, -0.25) is 4.79 Å². The van der Waals surface area contributed by atoms with Crippen LogP contribution < -0.4 is 5.32 Å². The third-order valence-corrected chi connectivity index (χ3v) is 2.98. The Morgan fingerprint density at radius 3 is 2.75 bits per heavy atom. The number of carbonyl (C=O) groups is 1. The van der Waals surface area contributed by atoms with Gasteiger partial charge in [-0.1, -0.05) is 36.9 Å². The van der Waals surface area contributed by atoms with Crippen LogP contribution in [0.4, 0.5) is 5.69 Å². The van der Waals surface area contributed by atoms with Gasteiger partial charge in [0, 0.05) is 11.3 Å². The van der Waals surface area contributed by atoms with Gasteiger partial charge in [-0.2, -0.15) is 0 Å². The van der Waals surface area contributed by atoms with E-state index in [0.717, 1.165) is 22.4 Å². The molecule has 1 heterocycles. The highest BCUT2D eigenvalue weighted by molar-refractivity contribution is 6.00. The second kappa shape index (κ2) is 5.01. The smallest absolute Gasteiger partial charge is 0.247 e. The highest BCUT2D eigenvalue weighted by Gasteiger charge is 2.06. The van der Waals surface area contributed by atoms with E-state index < -0.39 is 0 Å². The third kappa shape index (κ3) is 2.31. The molecule has 4 nitrogen and oxygen atoms in total. The molecule has 0 bridgehead atoms. The number of amides is 1. The molecule has 0 spiro atoms. The Kier molecular flexibility index (Phi) is 3.05. The van der Waals surface area contributed by atoms with Gasteiger partial charge < -0.3 is 10.3 Å². The maximum atomic E-state index is 11.3. The van der Waals surface area contributed by atoms with Crippen LogP contribution in [0.3, 0.4) is 0 Å². The fourth-order valence-electron chi connectivity index (χ4n) is 2.01. The van der Waals surface area contributed by atoms with Crippen LogP contribution in [0.15, 0.2) is 61.2 Å². The van der Waals surface area contributed by atoms with Gasteiger partial charge in [0.15, 0.2) is 0 Å². The number of hydrogen-bond acceptors (Lipinski definition) is 2. The number of nitrogens with zero attached hydrogens (tertiary/aromatic N) is 1. The van der Waals surface area contributed by atoms with Gasteiger partial charge in [-0.25, -0.2) is 4.98 Å². The largest absolute Gasteiger partial charge is 0.338 e. The molecule has 2 N–H and O–H groups in total. The molecule has 0 fully saturated rings. The van der Waals surface area contributed by atoms with Gasteiger partial charge in [-0.05, 0) is 24.3 Å². The van der Waals surface area contributed by atoms with Crippen LogP contribution in [0.5, 0.6) is 0 Å². The van der Waals surface area contributed by atoms with Gasteiger partial charge >= 0.3 is 0 Å². The fourth-order valence-corrected chi connectivity index (χ4v) is 2.01. The molecule has 0 radical (unpaired) electrons. The topological polar surface area (TPSA) is 57.8 Å². The molecule has 20 heavy (non-hydrogen) atoms. The Labute approximate surface area is 116 Å². The quantitative estimate of drug-likeness (QED) is 0.712. The summed E-state index contributed by atoms with van der Waals surface area (Å²) in [7, 11) is 0. The highest BCUT2D eigenvalue weighted by atomic mass is 16.1. The van der Waals surface area contributed by atoms with Crippen LogP contribution in [0.2, 0.25) is 0 Å². The summed E-state index contributed by atoms with van der Waals surface area (Å²) in [6.07, 6.45) is 1.24. The molecule has 98 valence electrons. The number of benzene rings is 2. The van der Waals surface area contributed by atoms with Crippen molar-refractivity contribution in [1.82, 2.24) is 9.97 Å². The van der Waals surface area contributed by atoms with E-state index >= 15 is 0 Å². The summed E-state index contributed by atoms with van der Waals surface area (Å²) in [5.41, 5.74) is 3.48. The van der Waals surface area contributed by atoms with Crippen molar-refractivity contribution in [2.45, 2.75) is 0 Å². The number of rotatable bonds is 3. The molecule has 0 aliphatic rings. The van der Waals surface area contributed by atoms with Crippen molar-refractivity contribution in [2.24, 2.45) is 0 Å². The first-order valence-electron chi connectivity index (χ1n) is 6.25. The lowest BCUT2D eigenvalue weighted by atomic mass is 10.2. The normalized spacial score (nSPS) is 10.4. The van der Waals surface area contributed by atoms with Crippen LogP contribution in [0, 0.1) is 0 Å². The fraction of sp³-hybridized carbons (Fsp3) is 0. The zero-order valence-electron chi connectivity index (χ0n) is 10.8. The maximum absolute atomic E-state index is 11.3.